The van der Waals surface area contributed by atoms with Crippen molar-refractivity contribution in [2.75, 3.05) is 6.54 Å². The van der Waals surface area contributed by atoms with Crippen molar-refractivity contribution < 1.29 is 9.53 Å². The maximum atomic E-state index is 12.3. The van der Waals surface area contributed by atoms with E-state index in [1.54, 1.807) is 0 Å². The zero-order valence-electron chi connectivity index (χ0n) is 11.7. The van der Waals surface area contributed by atoms with E-state index in [0.29, 0.717) is 12.1 Å². The van der Waals surface area contributed by atoms with Crippen LogP contribution in [-0.2, 0) is 6.42 Å². The molecule has 3 nitrogen and oxygen atoms in total. The van der Waals surface area contributed by atoms with Gasteiger partial charge >= 0.3 is 0 Å². The summed E-state index contributed by atoms with van der Waals surface area (Å²) in [6.07, 6.45) is 0.854. The van der Waals surface area contributed by atoms with Crippen LogP contribution in [0.4, 0.5) is 0 Å². The Morgan fingerprint density at radius 1 is 1.33 bits per heavy atom. The first-order chi connectivity index (χ1) is 10.1. The standard InChI is InChI=1S/C17H16BrNO2/c1-11-6-7-13(18)9-15(11)17(20)19-10-14-8-12-4-2-3-5-16(12)21-14/h2-7,9,14H,8,10H2,1H3,(H,19,20). The first-order valence-electron chi connectivity index (χ1n) is 6.92. The van der Waals surface area contributed by atoms with Crippen LogP contribution in [0.3, 0.4) is 0 Å². The van der Waals surface area contributed by atoms with Crippen LogP contribution in [0.5, 0.6) is 5.75 Å². The molecule has 0 radical (unpaired) electrons. The van der Waals surface area contributed by atoms with Crippen molar-refractivity contribution in [1.82, 2.24) is 5.32 Å². The first-order valence-corrected chi connectivity index (χ1v) is 7.71. The van der Waals surface area contributed by atoms with Crippen LogP contribution in [0.25, 0.3) is 0 Å². The van der Waals surface area contributed by atoms with E-state index < -0.39 is 0 Å². The molecule has 0 fully saturated rings. The van der Waals surface area contributed by atoms with Crippen LogP contribution in [0.2, 0.25) is 0 Å². The molecule has 2 aromatic carbocycles. The Kier molecular flexibility index (Phi) is 3.97. The second kappa shape index (κ2) is 5.90. The number of halogens is 1. The molecule has 0 spiro atoms. The molecule has 1 aliphatic rings. The highest BCUT2D eigenvalue weighted by Crippen LogP contribution is 2.27. The summed E-state index contributed by atoms with van der Waals surface area (Å²) in [4.78, 5) is 12.3. The molecule has 1 atom stereocenters. The Balaban J connectivity index is 1.61. The van der Waals surface area contributed by atoms with E-state index in [1.165, 1.54) is 5.56 Å². The monoisotopic (exact) mass is 345 g/mol. The number of ether oxygens (including phenoxy) is 1. The summed E-state index contributed by atoms with van der Waals surface area (Å²) < 4.78 is 6.73. The minimum Gasteiger partial charge on any atom is -0.488 e. The molecule has 108 valence electrons. The molecule has 0 aromatic heterocycles. The fraction of sp³-hybridized carbons (Fsp3) is 0.235. The van der Waals surface area contributed by atoms with Gasteiger partial charge in [0.05, 0.1) is 6.54 Å². The van der Waals surface area contributed by atoms with Crippen molar-refractivity contribution in [2.24, 2.45) is 0 Å². The lowest BCUT2D eigenvalue weighted by atomic mass is 10.1. The summed E-state index contributed by atoms with van der Waals surface area (Å²) >= 11 is 3.40. The summed E-state index contributed by atoms with van der Waals surface area (Å²) in [5.41, 5.74) is 2.86. The van der Waals surface area contributed by atoms with Crippen LogP contribution in [0.15, 0.2) is 46.9 Å². The highest BCUT2D eigenvalue weighted by molar-refractivity contribution is 9.10. The Morgan fingerprint density at radius 3 is 2.95 bits per heavy atom. The lowest BCUT2D eigenvalue weighted by molar-refractivity contribution is 0.0933. The topological polar surface area (TPSA) is 38.3 Å². The van der Waals surface area contributed by atoms with Gasteiger partial charge in [-0.05, 0) is 36.2 Å². The van der Waals surface area contributed by atoms with Crippen molar-refractivity contribution in [2.45, 2.75) is 19.4 Å². The normalized spacial score (nSPS) is 16.2. The van der Waals surface area contributed by atoms with Gasteiger partial charge in [-0.2, -0.15) is 0 Å². The number of amides is 1. The minimum absolute atomic E-state index is 0.0128. The molecule has 1 aliphatic heterocycles. The fourth-order valence-electron chi connectivity index (χ4n) is 2.51. The highest BCUT2D eigenvalue weighted by atomic mass is 79.9. The quantitative estimate of drug-likeness (QED) is 0.924. The van der Waals surface area contributed by atoms with E-state index in [1.807, 2.05) is 43.3 Å². The molecule has 2 aromatic rings. The minimum atomic E-state index is -0.0617. The van der Waals surface area contributed by atoms with Gasteiger partial charge in [-0.1, -0.05) is 40.2 Å². The molecule has 0 saturated carbocycles. The third-order valence-corrected chi connectivity index (χ3v) is 4.14. The molecule has 0 bridgehead atoms. The first kappa shape index (κ1) is 14.1. The van der Waals surface area contributed by atoms with E-state index >= 15 is 0 Å². The van der Waals surface area contributed by atoms with E-state index in [4.69, 9.17) is 4.74 Å². The second-order valence-corrected chi connectivity index (χ2v) is 6.14. The zero-order chi connectivity index (χ0) is 14.8. The lowest BCUT2D eigenvalue weighted by Crippen LogP contribution is -2.34. The third-order valence-electron chi connectivity index (χ3n) is 3.65. The summed E-state index contributed by atoms with van der Waals surface area (Å²) in [5, 5.41) is 2.96. The number of rotatable bonds is 3. The van der Waals surface area contributed by atoms with Gasteiger partial charge in [-0.25, -0.2) is 0 Å². The average Bonchev–Trinajstić information content (AvgIpc) is 2.90. The number of hydrogen-bond donors (Lipinski definition) is 1. The highest BCUT2D eigenvalue weighted by Gasteiger charge is 2.23. The number of fused-ring (bicyclic) bond motifs is 1. The molecule has 21 heavy (non-hydrogen) atoms. The third kappa shape index (κ3) is 3.10. The zero-order valence-corrected chi connectivity index (χ0v) is 13.3. The van der Waals surface area contributed by atoms with Crippen molar-refractivity contribution in [3.8, 4) is 5.75 Å². The second-order valence-electron chi connectivity index (χ2n) is 5.22. The van der Waals surface area contributed by atoms with E-state index in [-0.39, 0.29) is 12.0 Å². The fourth-order valence-corrected chi connectivity index (χ4v) is 2.87. The van der Waals surface area contributed by atoms with Gasteiger partial charge in [0, 0.05) is 16.5 Å². The molecule has 0 aliphatic carbocycles. The Bertz CT molecular complexity index is 659. The van der Waals surface area contributed by atoms with Crippen molar-refractivity contribution in [3.05, 3.63) is 63.6 Å². The predicted molar refractivity (Wildman–Crippen MR) is 85.8 cm³/mol. The van der Waals surface area contributed by atoms with Crippen LogP contribution < -0.4 is 10.1 Å². The number of hydrogen-bond acceptors (Lipinski definition) is 2. The lowest BCUT2D eigenvalue weighted by Gasteiger charge is -2.13. The molecule has 1 unspecified atom stereocenters. The molecule has 4 heteroatoms. The predicted octanol–water partition coefficient (Wildman–Crippen LogP) is 3.49. The molecule has 1 heterocycles. The number of carbonyl (C=O) groups excluding carboxylic acids is 1. The number of nitrogens with one attached hydrogen (secondary N) is 1. The summed E-state index contributed by atoms with van der Waals surface area (Å²) in [6.45, 7) is 2.45. The van der Waals surface area contributed by atoms with Crippen LogP contribution in [0, 0.1) is 6.92 Å². The van der Waals surface area contributed by atoms with Crippen molar-refractivity contribution >= 4 is 21.8 Å². The molecule has 1 amide bonds. The van der Waals surface area contributed by atoms with Gasteiger partial charge in [0.15, 0.2) is 0 Å². The molecular formula is C17H16BrNO2. The van der Waals surface area contributed by atoms with Crippen LogP contribution in [-0.4, -0.2) is 18.6 Å². The summed E-state index contributed by atoms with van der Waals surface area (Å²) in [5.74, 6) is 0.865. The van der Waals surface area contributed by atoms with Gasteiger partial charge in [-0.3, -0.25) is 4.79 Å². The van der Waals surface area contributed by atoms with Gasteiger partial charge in [-0.15, -0.1) is 0 Å². The smallest absolute Gasteiger partial charge is 0.251 e. The Labute approximate surface area is 132 Å². The van der Waals surface area contributed by atoms with E-state index in [9.17, 15) is 4.79 Å². The van der Waals surface area contributed by atoms with E-state index in [0.717, 1.165) is 22.2 Å². The Morgan fingerprint density at radius 2 is 2.14 bits per heavy atom. The number of carbonyl (C=O) groups is 1. The maximum Gasteiger partial charge on any atom is 0.251 e. The molecular weight excluding hydrogens is 330 g/mol. The number of aryl methyl sites for hydroxylation is 1. The van der Waals surface area contributed by atoms with E-state index in [2.05, 4.69) is 27.3 Å². The molecule has 0 saturated heterocycles. The number of para-hydroxylation sites is 1. The van der Waals surface area contributed by atoms with Gasteiger partial charge in [0.1, 0.15) is 11.9 Å². The van der Waals surface area contributed by atoms with Crippen molar-refractivity contribution in [3.63, 3.8) is 0 Å². The molecule has 1 N–H and O–H groups in total. The Hall–Kier alpha value is -1.81. The van der Waals surface area contributed by atoms with Crippen LogP contribution >= 0.6 is 15.9 Å². The van der Waals surface area contributed by atoms with Gasteiger partial charge < -0.3 is 10.1 Å². The number of benzene rings is 2. The van der Waals surface area contributed by atoms with Gasteiger partial charge in [0.25, 0.3) is 5.91 Å². The SMILES string of the molecule is Cc1ccc(Br)cc1C(=O)NCC1Cc2ccccc2O1. The summed E-state index contributed by atoms with van der Waals surface area (Å²) in [6, 6.07) is 13.7. The largest absolute Gasteiger partial charge is 0.488 e. The molecule has 3 rings (SSSR count). The van der Waals surface area contributed by atoms with Gasteiger partial charge in [0.2, 0.25) is 0 Å². The van der Waals surface area contributed by atoms with Crippen LogP contribution in [0.1, 0.15) is 21.5 Å². The van der Waals surface area contributed by atoms with Crippen molar-refractivity contribution in [1.29, 1.82) is 0 Å². The summed E-state index contributed by atoms with van der Waals surface area (Å²) in [7, 11) is 0. The average molecular weight is 346 g/mol. The maximum absolute atomic E-state index is 12.3.